The topological polar surface area (TPSA) is 22.4 Å². The van der Waals surface area contributed by atoms with Gasteiger partial charge in [0.2, 0.25) is 0 Å². The maximum absolute atomic E-state index is 6.73. The molecule has 0 saturated heterocycles. The minimum atomic E-state index is -0.383. The highest BCUT2D eigenvalue weighted by Crippen LogP contribution is 2.64. The summed E-state index contributed by atoms with van der Waals surface area (Å²) in [6.45, 7) is 0. The highest BCUT2D eigenvalue weighted by molar-refractivity contribution is 6.13. The molecule has 1 aliphatic heterocycles. The Labute approximate surface area is 317 Å². The summed E-state index contributed by atoms with van der Waals surface area (Å²) >= 11 is 0. The zero-order chi connectivity index (χ0) is 35.8. The smallest absolute Gasteiger partial charge is 0.135 e. The Morgan fingerprint density at radius 3 is 1.75 bits per heavy atom. The van der Waals surface area contributed by atoms with E-state index in [1.165, 1.54) is 66.6 Å². The van der Waals surface area contributed by atoms with Gasteiger partial charge in [0.05, 0.1) is 5.41 Å². The van der Waals surface area contributed by atoms with Crippen LogP contribution in [-0.4, -0.2) is 0 Å². The number of fused-ring (bicyclic) bond motifs is 15. The van der Waals surface area contributed by atoms with E-state index in [2.05, 4.69) is 170 Å². The van der Waals surface area contributed by atoms with Crippen LogP contribution in [0.15, 0.2) is 186 Å². The molecule has 9 aromatic carbocycles. The fourth-order valence-electron chi connectivity index (χ4n) is 10.3. The molecule has 55 heavy (non-hydrogen) atoms. The molecule has 2 heterocycles. The second-order valence-electron chi connectivity index (χ2n) is 15.1. The van der Waals surface area contributed by atoms with Gasteiger partial charge in [-0.3, -0.25) is 0 Å². The first-order chi connectivity index (χ1) is 27.3. The average Bonchev–Trinajstić information content (AvgIpc) is 3.88. The standard InChI is InChI=1S/C53H30O2/c1-5-18-43-34(11-1)35-12-2-6-19-44(35)53(43)45-20-7-3-14-40(45)51-37(17-10-21-46(51)53)33-25-28-50-52-38(33)15-9-16-39(52)42-30-32(24-27-49(42)55-50)31-23-26-48-41(29-31)36-13-4-8-22-47(36)54-48/h1-30H. The Hall–Kier alpha value is -7.16. The Bertz CT molecular complexity index is 3260. The van der Waals surface area contributed by atoms with Crippen molar-refractivity contribution in [2.24, 2.45) is 0 Å². The van der Waals surface area contributed by atoms with Gasteiger partial charge < -0.3 is 9.15 Å². The van der Waals surface area contributed by atoms with Crippen LogP contribution in [0.1, 0.15) is 22.3 Å². The van der Waals surface area contributed by atoms with Crippen molar-refractivity contribution in [2.45, 2.75) is 5.41 Å². The monoisotopic (exact) mass is 698 g/mol. The van der Waals surface area contributed by atoms with Gasteiger partial charge in [0, 0.05) is 21.7 Å². The molecule has 0 radical (unpaired) electrons. The summed E-state index contributed by atoms with van der Waals surface area (Å²) in [6.07, 6.45) is 0. The number of ether oxygens (including phenoxy) is 1. The summed E-state index contributed by atoms with van der Waals surface area (Å²) < 4.78 is 12.9. The Balaban J connectivity index is 1.02. The number of hydrogen-bond donors (Lipinski definition) is 0. The maximum atomic E-state index is 6.73. The molecule has 13 rings (SSSR count). The summed E-state index contributed by atoms with van der Waals surface area (Å²) in [5.41, 5.74) is 19.1. The van der Waals surface area contributed by atoms with Crippen molar-refractivity contribution in [3.63, 3.8) is 0 Å². The van der Waals surface area contributed by atoms with E-state index in [1.54, 1.807) is 0 Å². The lowest BCUT2D eigenvalue weighted by atomic mass is 9.70. The van der Waals surface area contributed by atoms with E-state index < -0.39 is 0 Å². The third-order valence-corrected chi connectivity index (χ3v) is 12.5. The lowest BCUT2D eigenvalue weighted by molar-refractivity contribution is 0.487. The second kappa shape index (κ2) is 10.5. The summed E-state index contributed by atoms with van der Waals surface area (Å²) in [5.74, 6) is 1.77. The van der Waals surface area contributed by atoms with Gasteiger partial charge in [-0.2, -0.15) is 0 Å². The minimum Gasteiger partial charge on any atom is -0.456 e. The molecule has 0 fully saturated rings. The molecular formula is C53H30O2. The first kappa shape index (κ1) is 29.3. The fourth-order valence-corrected chi connectivity index (χ4v) is 10.3. The van der Waals surface area contributed by atoms with E-state index >= 15 is 0 Å². The first-order valence-electron chi connectivity index (χ1n) is 19.0. The molecule has 3 aliphatic rings. The van der Waals surface area contributed by atoms with Gasteiger partial charge >= 0.3 is 0 Å². The SMILES string of the molecule is c1ccc2c(c1)-c1ccccc1C21c2ccccc2-c2c(-c3ccc4c5c(cccc35)-c3cc(-c5ccc6oc7ccccc7c6c5)ccc3O4)cccc21. The van der Waals surface area contributed by atoms with Crippen molar-refractivity contribution >= 4 is 32.7 Å². The molecule has 2 heteroatoms. The third kappa shape index (κ3) is 3.69. The minimum absolute atomic E-state index is 0.383. The number of hydrogen-bond acceptors (Lipinski definition) is 2. The van der Waals surface area contributed by atoms with Crippen LogP contribution in [0.4, 0.5) is 0 Å². The highest BCUT2D eigenvalue weighted by atomic mass is 16.5. The van der Waals surface area contributed by atoms with Crippen LogP contribution in [0.25, 0.3) is 88.3 Å². The molecule has 0 bridgehead atoms. The number of furan rings is 1. The van der Waals surface area contributed by atoms with Crippen molar-refractivity contribution in [1.82, 2.24) is 0 Å². The summed E-state index contributed by atoms with van der Waals surface area (Å²) in [6, 6.07) is 66.5. The first-order valence-corrected chi connectivity index (χ1v) is 19.0. The van der Waals surface area contributed by atoms with Crippen LogP contribution >= 0.6 is 0 Å². The van der Waals surface area contributed by atoms with Crippen molar-refractivity contribution in [1.29, 1.82) is 0 Å². The Kier molecular flexibility index (Phi) is 5.59. The fraction of sp³-hybridized carbons (Fsp3) is 0.0189. The normalized spacial score (nSPS) is 13.7. The summed E-state index contributed by atoms with van der Waals surface area (Å²) in [7, 11) is 0. The predicted octanol–water partition coefficient (Wildman–Crippen LogP) is 14.2. The van der Waals surface area contributed by atoms with Gasteiger partial charge in [-0.15, -0.1) is 0 Å². The van der Waals surface area contributed by atoms with Crippen molar-refractivity contribution in [3.05, 3.63) is 204 Å². The van der Waals surface area contributed by atoms with Crippen LogP contribution < -0.4 is 4.74 Å². The quantitative estimate of drug-likeness (QED) is 0.179. The van der Waals surface area contributed by atoms with E-state index in [0.717, 1.165) is 55.5 Å². The van der Waals surface area contributed by atoms with E-state index in [-0.39, 0.29) is 5.41 Å². The predicted molar refractivity (Wildman–Crippen MR) is 224 cm³/mol. The third-order valence-electron chi connectivity index (χ3n) is 12.5. The van der Waals surface area contributed by atoms with Crippen LogP contribution in [0.3, 0.4) is 0 Å². The van der Waals surface area contributed by atoms with Gasteiger partial charge in [0.15, 0.2) is 0 Å². The molecule has 1 spiro atoms. The zero-order valence-corrected chi connectivity index (χ0v) is 29.6. The lowest BCUT2D eigenvalue weighted by Gasteiger charge is -2.30. The van der Waals surface area contributed by atoms with Gasteiger partial charge in [-0.05, 0) is 114 Å². The van der Waals surface area contributed by atoms with Gasteiger partial charge in [-0.25, -0.2) is 0 Å². The Morgan fingerprint density at radius 2 is 0.909 bits per heavy atom. The van der Waals surface area contributed by atoms with E-state index in [4.69, 9.17) is 9.15 Å². The van der Waals surface area contributed by atoms with Crippen LogP contribution in [0.5, 0.6) is 11.5 Å². The molecule has 2 aliphatic carbocycles. The Morgan fingerprint density at radius 1 is 0.327 bits per heavy atom. The highest BCUT2D eigenvalue weighted by Gasteiger charge is 2.52. The van der Waals surface area contributed by atoms with E-state index in [0.29, 0.717) is 0 Å². The van der Waals surface area contributed by atoms with Crippen molar-refractivity contribution in [3.8, 4) is 67.1 Å². The number of benzene rings is 9. The molecule has 1 aromatic heterocycles. The van der Waals surface area contributed by atoms with Crippen molar-refractivity contribution in [2.75, 3.05) is 0 Å². The average molecular weight is 699 g/mol. The van der Waals surface area contributed by atoms with Gasteiger partial charge in [0.1, 0.15) is 22.7 Å². The molecule has 0 atom stereocenters. The summed E-state index contributed by atoms with van der Waals surface area (Å²) in [4.78, 5) is 0. The maximum Gasteiger partial charge on any atom is 0.135 e. The van der Waals surface area contributed by atoms with Crippen LogP contribution in [0, 0.1) is 0 Å². The number of para-hydroxylation sites is 1. The molecule has 0 saturated carbocycles. The van der Waals surface area contributed by atoms with E-state index in [1.807, 2.05) is 12.1 Å². The van der Waals surface area contributed by atoms with Crippen LogP contribution in [0.2, 0.25) is 0 Å². The molecule has 0 unspecified atom stereocenters. The molecule has 10 aromatic rings. The molecule has 254 valence electrons. The largest absolute Gasteiger partial charge is 0.456 e. The van der Waals surface area contributed by atoms with Gasteiger partial charge in [-0.1, -0.05) is 146 Å². The summed E-state index contributed by atoms with van der Waals surface area (Å²) in [5, 5.41) is 4.60. The zero-order valence-electron chi connectivity index (χ0n) is 29.6. The molecule has 0 amide bonds. The van der Waals surface area contributed by atoms with Crippen molar-refractivity contribution < 1.29 is 9.15 Å². The molecule has 2 nitrogen and oxygen atoms in total. The second-order valence-corrected chi connectivity index (χ2v) is 15.1. The van der Waals surface area contributed by atoms with E-state index in [9.17, 15) is 0 Å². The molecular weight excluding hydrogens is 669 g/mol. The molecule has 0 N–H and O–H groups in total. The lowest BCUT2D eigenvalue weighted by Crippen LogP contribution is -2.25. The number of rotatable bonds is 2. The van der Waals surface area contributed by atoms with Crippen LogP contribution in [-0.2, 0) is 5.41 Å². The van der Waals surface area contributed by atoms with Gasteiger partial charge in [0.25, 0.3) is 0 Å².